The van der Waals surface area contributed by atoms with Crippen LogP contribution in [0.1, 0.15) is 29.0 Å². The standard InChI is InChI=1S/C10H14N2O3/c11-12-10(13)9-8(3-4-15-9)6-14-5-7-1-2-7/h3-4,7H,1-2,5-6,11H2,(H,12,13). The minimum absolute atomic E-state index is 0.230. The van der Waals surface area contributed by atoms with Crippen molar-refractivity contribution in [2.45, 2.75) is 19.4 Å². The summed E-state index contributed by atoms with van der Waals surface area (Å²) in [5.74, 6) is 5.53. The van der Waals surface area contributed by atoms with Gasteiger partial charge in [0.25, 0.3) is 0 Å². The maximum atomic E-state index is 11.2. The van der Waals surface area contributed by atoms with Gasteiger partial charge >= 0.3 is 5.91 Å². The lowest BCUT2D eigenvalue weighted by molar-refractivity contribution is 0.0901. The van der Waals surface area contributed by atoms with Crippen LogP contribution in [0.3, 0.4) is 0 Å². The van der Waals surface area contributed by atoms with Gasteiger partial charge in [-0.05, 0) is 24.8 Å². The average Bonchev–Trinajstić information content (AvgIpc) is 2.95. The second-order valence-electron chi connectivity index (χ2n) is 3.71. The van der Waals surface area contributed by atoms with Gasteiger partial charge in [0.2, 0.25) is 0 Å². The lowest BCUT2D eigenvalue weighted by Crippen LogP contribution is -2.30. The summed E-state index contributed by atoms with van der Waals surface area (Å²) < 4.78 is 10.5. The van der Waals surface area contributed by atoms with Gasteiger partial charge in [0.15, 0.2) is 5.76 Å². The molecule has 1 aromatic rings. The smallest absolute Gasteiger partial charge is 0.301 e. The third-order valence-electron chi connectivity index (χ3n) is 2.39. The van der Waals surface area contributed by atoms with Crippen molar-refractivity contribution >= 4 is 5.91 Å². The summed E-state index contributed by atoms with van der Waals surface area (Å²) in [7, 11) is 0. The quantitative estimate of drug-likeness (QED) is 0.428. The van der Waals surface area contributed by atoms with Crippen LogP contribution in [0.15, 0.2) is 16.7 Å². The van der Waals surface area contributed by atoms with Crippen LogP contribution in [0.4, 0.5) is 0 Å². The molecule has 0 unspecified atom stereocenters. The fraction of sp³-hybridized carbons (Fsp3) is 0.500. The minimum atomic E-state index is -0.426. The Kier molecular flexibility index (Phi) is 3.03. The van der Waals surface area contributed by atoms with E-state index in [1.807, 2.05) is 5.43 Å². The van der Waals surface area contributed by atoms with Gasteiger partial charge in [0, 0.05) is 12.2 Å². The highest BCUT2D eigenvalue weighted by atomic mass is 16.5. The first-order chi connectivity index (χ1) is 7.31. The van der Waals surface area contributed by atoms with E-state index in [4.69, 9.17) is 15.0 Å². The largest absolute Gasteiger partial charge is 0.459 e. The molecule has 1 fully saturated rings. The van der Waals surface area contributed by atoms with Crippen molar-refractivity contribution in [3.63, 3.8) is 0 Å². The van der Waals surface area contributed by atoms with E-state index < -0.39 is 5.91 Å². The van der Waals surface area contributed by atoms with Crippen LogP contribution < -0.4 is 11.3 Å². The zero-order valence-corrected chi connectivity index (χ0v) is 8.36. The van der Waals surface area contributed by atoms with Crippen LogP contribution in [0, 0.1) is 5.92 Å². The number of hydrazine groups is 1. The highest BCUT2D eigenvalue weighted by Gasteiger charge is 2.22. The molecule has 15 heavy (non-hydrogen) atoms. The van der Waals surface area contributed by atoms with Crippen LogP contribution in [0.5, 0.6) is 0 Å². The number of furan rings is 1. The van der Waals surface area contributed by atoms with Crippen molar-refractivity contribution in [3.8, 4) is 0 Å². The van der Waals surface area contributed by atoms with E-state index in [2.05, 4.69) is 0 Å². The first kappa shape index (κ1) is 10.2. The maximum Gasteiger partial charge on any atom is 0.301 e. The molecule has 0 spiro atoms. The Hall–Kier alpha value is -1.33. The molecule has 1 aromatic heterocycles. The van der Waals surface area contributed by atoms with Gasteiger partial charge in [-0.3, -0.25) is 10.2 Å². The summed E-state index contributed by atoms with van der Waals surface area (Å²) in [6, 6.07) is 1.72. The van der Waals surface area contributed by atoms with Crippen LogP contribution in [-0.4, -0.2) is 12.5 Å². The summed E-state index contributed by atoms with van der Waals surface area (Å²) in [6.07, 6.45) is 3.96. The van der Waals surface area contributed by atoms with E-state index >= 15 is 0 Å². The predicted octanol–water partition coefficient (Wildman–Crippen LogP) is 0.810. The summed E-state index contributed by atoms with van der Waals surface area (Å²) >= 11 is 0. The third-order valence-corrected chi connectivity index (χ3v) is 2.39. The molecule has 5 heteroatoms. The lowest BCUT2D eigenvalue weighted by Gasteiger charge is -2.02. The molecular weight excluding hydrogens is 196 g/mol. The van der Waals surface area contributed by atoms with Crippen LogP contribution in [0.2, 0.25) is 0 Å². The molecule has 1 amide bonds. The van der Waals surface area contributed by atoms with E-state index in [0.29, 0.717) is 12.5 Å². The molecular formula is C10H14N2O3. The molecule has 1 saturated carbocycles. The summed E-state index contributed by atoms with van der Waals surface area (Å²) in [5.41, 5.74) is 2.77. The van der Waals surface area contributed by atoms with Crippen LogP contribution >= 0.6 is 0 Å². The summed E-state index contributed by atoms with van der Waals surface area (Å²) in [4.78, 5) is 11.2. The lowest BCUT2D eigenvalue weighted by atomic mass is 10.2. The van der Waals surface area contributed by atoms with E-state index in [1.165, 1.54) is 19.1 Å². The van der Waals surface area contributed by atoms with Crippen molar-refractivity contribution in [2.75, 3.05) is 6.61 Å². The SMILES string of the molecule is NNC(=O)c1occc1COCC1CC1. The molecule has 5 nitrogen and oxygen atoms in total. The first-order valence-corrected chi connectivity index (χ1v) is 4.96. The van der Waals surface area contributed by atoms with Gasteiger partial charge < -0.3 is 9.15 Å². The van der Waals surface area contributed by atoms with Crippen molar-refractivity contribution in [3.05, 3.63) is 23.7 Å². The Morgan fingerprint density at radius 2 is 2.47 bits per heavy atom. The number of hydrogen-bond donors (Lipinski definition) is 2. The maximum absolute atomic E-state index is 11.2. The topological polar surface area (TPSA) is 77.5 Å². The minimum Gasteiger partial charge on any atom is -0.459 e. The molecule has 0 radical (unpaired) electrons. The van der Waals surface area contributed by atoms with Gasteiger partial charge in [-0.15, -0.1) is 0 Å². The second-order valence-corrected chi connectivity index (χ2v) is 3.71. The predicted molar refractivity (Wildman–Crippen MR) is 52.7 cm³/mol. The van der Waals surface area contributed by atoms with Gasteiger partial charge in [-0.1, -0.05) is 0 Å². The number of rotatable bonds is 5. The number of carbonyl (C=O) groups excluding carboxylic acids is 1. The molecule has 1 heterocycles. The van der Waals surface area contributed by atoms with E-state index in [0.717, 1.165) is 12.2 Å². The zero-order valence-electron chi connectivity index (χ0n) is 8.36. The molecule has 0 bridgehead atoms. The van der Waals surface area contributed by atoms with Gasteiger partial charge in [-0.2, -0.15) is 0 Å². The van der Waals surface area contributed by atoms with E-state index in [-0.39, 0.29) is 5.76 Å². The molecule has 0 atom stereocenters. The monoisotopic (exact) mass is 210 g/mol. The number of carbonyl (C=O) groups is 1. The number of nitrogens with one attached hydrogen (secondary N) is 1. The van der Waals surface area contributed by atoms with Gasteiger partial charge in [0.1, 0.15) is 0 Å². The normalized spacial score (nSPS) is 15.3. The van der Waals surface area contributed by atoms with Crippen molar-refractivity contribution < 1.29 is 13.9 Å². The Balaban J connectivity index is 1.88. The van der Waals surface area contributed by atoms with Crippen molar-refractivity contribution in [1.29, 1.82) is 0 Å². The Bertz CT molecular complexity index is 344. The molecule has 1 aliphatic rings. The Labute approximate surface area is 87.5 Å². The molecule has 0 aromatic carbocycles. The first-order valence-electron chi connectivity index (χ1n) is 4.96. The van der Waals surface area contributed by atoms with E-state index in [9.17, 15) is 4.79 Å². The summed E-state index contributed by atoms with van der Waals surface area (Å²) in [6.45, 7) is 1.16. The van der Waals surface area contributed by atoms with Crippen molar-refractivity contribution in [1.82, 2.24) is 5.43 Å². The number of nitrogens with two attached hydrogens (primary N) is 1. The fourth-order valence-electron chi connectivity index (χ4n) is 1.33. The number of ether oxygens (including phenoxy) is 1. The highest BCUT2D eigenvalue weighted by Crippen LogP contribution is 2.29. The fourth-order valence-corrected chi connectivity index (χ4v) is 1.33. The molecule has 82 valence electrons. The van der Waals surface area contributed by atoms with Crippen molar-refractivity contribution in [2.24, 2.45) is 11.8 Å². The molecule has 0 saturated heterocycles. The third kappa shape index (κ3) is 2.57. The van der Waals surface area contributed by atoms with Gasteiger partial charge in [0.05, 0.1) is 12.9 Å². The number of hydrogen-bond acceptors (Lipinski definition) is 4. The number of amides is 1. The molecule has 1 aliphatic carbocycles. The molecule has 2 rings (SSSR count). The Morgan fingerprint density at radius 1 is 1.67 bits per heavy atom. The van der Waals surface area contributed by atoms with Crippen LogP contribution in [-0.2, 0) is 11.3 Å². The number of nitrogen functional groups attached to an aromatic ring is 1. The Morgan fingerprint density at radius 3 is 3.13 bits per heavy atom. The second kappa shape index (κ2) is 4.46. The highest BCUT2D eigenvalue weighted by molar-refractivity contribution is 5.92. The zero-order chi connectivity index (χ0) is 10.7. The van der Waals surface area contributed by atoms with Gasteiger partial charge in [-0.25, -0.2) is 5.84 Å². The molecule has 0 aliphatic heterocycles. The summed E-state index contributed by atoms with van der Waals surface area (Å²) in [5, 5.41) is 0. The molecule has 3 N–H and O–H groups in total. The van der Waals surface area contributed by atoms with E-state index in [1.54, 1.807) is 6.07 Å². The average molecular weight is 210 g/mol. The van der Waals surface area contributed by atoms with Crippen LogP contribution in [0.25, 0.3) is 0 Å².